The number of para-hydroxylation sites is 4. The van der Waals surface area contributed by atoms with Gasteiger partial charge in [-0.05, 0) is 119 Å². The van der Waals surface area contributed by atoms with E-state index in [4.69, 9.17) is 4.98 Å². The zero-order chi connectivity index (χ0) is 50.1. The summed E-state index contributed by atoms with van der Waals surface area (Å²) >= 11 is 0. The molecule has 6 nitrogen and oxygen atoms in total. The molecule has 10 aromatic carbocycles. The Morgan fingerprint density at radius 3 is 1.38 bits per heavy atom. The third kappa shape index (κ3) is 6.96. The fourth-order valence-electron chi connectivity index (χ4n) is 11.8. The zero-order valence-electron chi connectivity index (χ0n) is 41.2. The molecule has 0 unspecified atom stereocenters. The molecule has 0 aliphatic heterocycles. The quantitative estimate of drug-likeness (QED) is 0.167. The molecule has 0 saturated carbocycles. The van der Waals surface area contributed by atoms with Crippen molar-refractivity contribution in [2.24, 2.45) is 0 Å². The van der Waals surface area contributed by atoms with Crippen molar-refractivity contribution < 1.29 is 0 Å². The maximum Gasteiger partial charge on any atom is 0.138 e. The highest BCUT2D eigenvalue weighted by Crippen LogP contribution is 2.42. The normalized spacial score (nSPS) is 11.7. The topological polar surface area (TPSA) is 45.5 Å². The highest BCUT2D eigenvalue weighted by molar-refractivity contribution is 6.26. The summed E-state index contributed by atoms with van der Waals surface area (Å²) in [5.74, 6) is 0.921. The lowest BCUT2D eigenvalue weighted by molar-refractivity contribution is 1.09. The molecule has 0 fully saturated rings. The largest absolute Gasteiger partial charge is 0.317 e. The lowest BCUT2D eigenvalue weighted by Gasteiger charge is -2.13. The Labute approximate surface area is 437 Å². The molecule has 0 bridgehead atoms. The number of hydrogen-bond acceptors (Lipinski definition) is 2. The number of benzene rings is 10. The van der Waals surface area contributed by atoms with Crippen molar-refractivity contribution in [1.82, 2.24) is 28.2 Å². The third-order valence-corrected chi connectivity index (χ3v) is 15.2. The van der Waals surface area contributed by atoms with Gasteiger partial charge in [-0.2, -0.15) is 0 Å². The molecule has 16 aromatic rings. The number of rotatable bonds is 6. The number of aromatic nitrogens is 6. The monoisotopic (exact) mass is 970 g/mol. The van der Waals surface area contributed by atoms with Gasteiger partial charge in [0.2, 0.25) is 0 Å². The average Bonchev–Trinajstić information content (AvgIpc) is 4.41. The molecule has 6 aromatic heterocycles. The van der Waals surface area contributed by atoms with E-state index in [1.165, 1.54) is 92.7 Å². The van der Waals surface area contributed by atoms with Crippen LogP contribution in [0.3, 0.4) is 0 Å². The smallest absolute Gasteiger partial charge is 0.138 e. The predicted molar refractivity (Wildman–Crippen MR) is 317 cm³/mol. The van der Waals surface area contributed by atoms with Crippen LogP contribution in [0.2, 0.25) is 0 Å². The van der Waals surface area contributed by atoms with Gasteiger partial charge >= 0.3 is 0 Å². The molecule has 0 spiro atoms. The molecule has 0 saturated heterocycles. The first-order chi connectivity index (χ1) is 37.7. The molecular weight excluding hydrogens is 925 g/mol. The van der Waals surface area contributed by atoms with Crippen molar-refractivity contribution in [2.45, 2.75) is 0 Å². The van der Waals surface area contributed by atoms with Crippen LogP contribution in [0.15, 0.2) is 280 Å². The number of fused-ring (bicyclic) bond motifs is 14. The van der Waals surface area contributed by atoms with E-state index in [9.17, 15) is 0 Å². The van der Waals surface area contributed by atoms with E-state index in [0.717, 1.165) is 39.5 Å². The van der Waals surface area contributed by atoms with E-state index in [1.54, 1.807) is 0 Å². The van der Waals surface area contributed by atoms with E-state index < -0.39 is 0 Å². The van der Waals surface area contributed by atoms with E-state index in [1.807, 2.05) is 18.5 Å². The second-order valence-electron chi connectivity index (χ2n) is 19.4. The van der Waals surface area contributed by atoms with Crippen molar-refractivity contribution >= 4 is 87.0 Å². The van der Waals surface area contributed by atoms with Gasteiger partial charge in [-0.3, -0.25) is 9.55 Å². The minimum Gasteiger partial charge on any atom is -0.317 e. The summed E-state index contributed by atoms with van der Waals surface area (Å²) in [4.78, 5) is 9.39. The van der Waals surface area contributed by atoms with Crippen LogP contribution in [0.5, 0.6) is 0 Å². The Kier molecular flexibility index (Phi) is 10.1. The lowest BCUT2D eigenvalue weighted by atomic mass is 10.0. The average molecular weight is 971 g/mol. The van der Waals surface area contributed by atoms with Gasteiger partial charge in [-0.15, -0.1) is 0 Å². The van der Waals surface area contributed by atoms with Gasteiger partial charge in [0.1, 0.15) is 5.82 Å². The van der Waals surface area contributed by atoms with Gasteiger partial charge in [0.05, 0.1) is 38.8 Å². The van der Waals surface area contributed by atoms with E-state index >= 15 is 0 Å². The molecule has 0 aliphatic carbocycles. The van der Waals surface area contributed by atoms with Crippen LogP contribution in [0, 0.1) is 0 Å². The molecule has 0 radical (unpaired) electrons. The molecular formula is C70H46N6. The Hall–Kier alpha value is -10.3. The van der Waals surface area contributed by atoms with Gasteiger partial charge in [0.15, 0.2) is 0 Å². The third-order valence-electron chi connectivity index (χ3n) is 15.2. The second kappa shape index (κ2) is 17.7. The van der Waals surface area contributed by atoms with Crippen molar-refractivity contribution in [2.75, 3.05) is 0 Å². The fourth-order valence-corrected chi connectivity index (χ4v) is 11.8. The zero-order valence-corrected chi connectivity index (χ0v) is 41.2. The lowest BCUT2D eigenvalue weighted by Crippen LogP contribution is -1.99. The van der Waals surface area contributed by atoms with Crippen LogP contribution in [0.25, 0.3) is 132 Å². The minimum absolute atomic E-state index is 0.921. The summed E-state index contributed by atoms with van der Waals surface area (Å²) in [5.41, 5.74) is 15.1. The summed E-state index contributed by atoms with van der Waals surface area (Å²) in [7, 11) is 0. The molecule has 0 atom stereocenters. The number of hydrogen-bond donors (Lipinski definition) is 0. The van der Waals surface area contributed by atoms with E-state index in [0.29, 0.717) is 0 Å². The van der Waals surface area contributed by atoms with Gasteiger partial charge in [0, 0.05) is 90.5 Å². The summed E-state index contributed by atoms with van der Waals surface area (Å²) in [6.07, 6.45) is 8.07. The highest BCUT2D eigenvalue weighted by Gasteiger charge is 2.21. The van der Waals surface area contributed by atoms with Crippen molar-refractivity contribution in [3.63, 3.8) is 0 Å². The molecule has 6 heterocycles. The molecule has 356 valence electrons. The van der Waals surface area contributed by atoms with Gasteiger partial charge in [0.25, 0.3) is 0 Å². The summed E-state index contributed by atoms with van der Waals surface area (Å²) in [6.45, 7) is 0. The van der Waals surface area contributed by atoms with Crippen LogP contribution in [0.1, 0.15) is 0 Å². The predicted octanol–water partition coefficient (Wildman–Crippen LogP) is 17.9. The highest BCUT2D eigenvalue weighted by atomic mass is 15.1. The molecule has 76 heavy (non-hydrogen) atoms. The SMILES string of the molecule is c1ccc(-c2cccc(-n3c4ccccc4c4ccc5ccc6c(ccn6-c6ccccc6)c5c43)n2)cc1.c1ccc(-n2ccc3c4c(ccc5c6ccccc6n(-c6cccc(-c7ccncc7)c6)c54)ccc32)cc1. The van der Waals surface area contributed by atoms with E-state index in [-0.39, 0.29) is 0 Å². The fraction of sp³-hybridized carbons (Fsp3) is 0. The van der Waals surface area contributed by atoms with E-state index in [2.05, 4.69) is 284 Å². The van der Waals surface area contributed by atoms with Gasteiger partial charge < -0.3 is 13.7 Å². The van der Waals surface area contributed by atoms with Crippen LogP contribution in [-0.2, 0) is 0 Å². The maximum atomic E-state index is 5.18. The Morgan fingerprint density at radius 1 is 0.289 bits per heavy atom. The first-order valence-corrected chi connectivity index (χ1v) is 25.8. The molecule has 0 N–H and O–H groups in total. The van der Waals surface area contributed by atoms with Gasteiger partial charge in [-0.1, -0.05) is 158 Å². The van der Waals surface area contributed by atoms with Crippen molar-refractivity contribution in [1.29, 1.82) is 0 Å². The van der Waals surface area contributed by atoms with Crippen molar-refractivity contribution in [3.8, 4) is 45.3 Å². The van der Waals surface area contributed by atoms with Crippen molar-refractivity contribution in [3.05, 3.63) is 280 Å². The number of pyridine rings is 2. The summed E-state index contributed by atoms with van der Waals surface area (Å²) in [5, 5.41) is 12.5. The first kappa shape index (κ1) is 43.3. The van der Waals surface area contributed by atoms with Crippen LogP contribution >= 0.6 is 0 Å². The first-order valence-electron chi connectivity index (χ1n) is 25.8. The maximum absolute atomic E-state index is 5.18. The molecule has 6 heteroatoms. The summed E-state index contributed by atoms with van der Waals surface area (Å²) in [6, 6.07) is 90.7. The molecule has 0 amide bonds. The Bertz CT molecular complexity index is 4540. The minimum atomic E-state index is 0.921. The molecule has 0 aliphatic rings. The molecule has 16 rings (SSSR count). The number of nitrogens with zero attached hydrogens (tertiary/aromatic N) is 6. The second-order valence-corrected chi connectivity index (χ2v) is 19.4. The Balaban J connectivity index is 0.000000133. The van der Waals surface area contributed by atoms with Crippen LogP contribution in [0.4, 0.5) is 0 Å². The van der Waals surface area contributed by atoms with Crippen LogP contribution in [-0.4, -0.2) is 28.2 Å². The summed E-state index contributed by atoms with van der Waals surface area (Å²) < 4.78 is 9.34. The Morgan fingerprint density at radius 2 is 0.776 bits per heavy atom. The van der Waals surface area contributed by atoms with Crippen LogP contribution < -0.4 is 0 Å². The standard InChI is InChI=1S/2C35H23N3/c1-3-10-24(11-4-1)30-15-9-17-33(36-30)38-32-16-8-7-14-27(32)28-20-18-25-19-21-31-29(34(25)35(28)38)22-23-37(31)26-12-5-2-6-13-26;1-2-8-27(9-3-1)37-22-19-31-32(37)16-14-25-13-15-30-29-11-4-5-12-33(29)38(35(30)34(25)31)28-10-6-7-26(23-28)24-17-20-36-21-18-24/h2*1-23H. The van der Waals surface area contributed by atoms with Gasteiger partial charge in [-0.25, -0.2) is 4.98 Å².